The standard InChI is InChI=1S/C18H19N3O5S2/c1-4-26-16(22)5-10-8-27-18(19-10)28-9-15-20-12-7-14(25-3)13(24-2)6-11(12)17(23)21-15/h6-8H,4-5,9H2,1-3H3,(H,20,21,23). The van der Waals surface area contributed by atoms with Gasteiger partial charge in [0.2, 0.25) is 0 Å². The molecule has 0 fully saturated rings. The molecule has 0 atom stereocenters. The second-order valence-electron chi connectivity index (χ2n) is 5.61. The van der Waals surface area contributed by atoms with Gasteiger partial charge in [-0.3, -0.25) is 9.59 Å². The number of fused-ring (bicyclic) bond motifs is 1. The van der Waals surface area contributed by atoms with Crippen LogP contribution < -0.4 is 15.0 Å². The zero-order valence-corrected chi connectivity index (χ0v) is 17.2. The third kappa shape index (κ3) is 4.63. The van der Waals surface area contributed by atoms with E-state index in [1.54, 1.807) is 19.1 Å². The summed E-state index contributed by atoms with van der Waals surface area (Å²) >= 11 is 2.87. The van der Waals surface area contributed by atoms with Gasteiger partial charge in [0.25, 0.3) is 5.56 Å². The highest BCUT2D eigenvalue weighted by molar-refractivity contribution is 8.00. The molecule has 0 saturated heterocycles. The molecule has 0 aliphatic carbocycles. The van der Waals surface area contributed by atoms with E-state index in [0.717, 1.165) is 4.34 Å². The maximum absolute atomic E-state index is 12.4. The Kier molecular flexibility index (Phi) is 6.53. The summed E-state index contributed by atoms with van der Waals surface area (Å²) < 4.78 is 16.2. The number of hydrogen-bond acceptors (Lipinski definition) is 9. The molecule has 2 heterocycles. The van der Waals surface area contributed by atoms with Crippen LogP contribution in [-0.4, -0.2) is 41.7 Å². The van der Waals surface area contributed by atoms with Crippen LogP contribution in [0.5, 0.6) is 11.5 Å². The minimum Gasteiger partial charge on any atom is -0.493 e. The number of aromatic amines is 1. The number of hydrogen-bond donors (Lipinski definition) is 1. The van der Waals surface area contributed by atoms with Crippen LogP contribution in [0.15, 0.2) is 26.6 Å². The van der Waals surface area contributed by atoms with E-state index < -0.39 is 0 Å². The van der Waals surface area contributed by atoms with Crippen LogP contribution in [0.4, 0.5) is 0 Å². The highest BCUT2D eigenvalue weighted by atomic mass is 32.2. The highest BCUT2D eigenvalue weighted by Gasteiger charge is 2.12. The van der Waals surface area contributed by atoms with Crippen molar-refractivity contribution >= 4 is 40.0 Å². The van der Waals surface area contributed by atoms with Gasteiger partial charge in [-0.1, -0.05) is 11.8 Å². The van der Waals surface area contributed by atoms with Gasteiger partial charge in [0.1, 0.15) is 5.82 Å². The van der Waals surface area contributed by atoms with Crippen molar-refractivity contribution in [2.45, 2.75) is 23.4 Å². The Balaban J connectivity index is 1.75. The molecule has 2 aromatic heterocycles. The fourth-order valence-electron chi connectivity index (χ4n) is 2.51. The van der Waals surface area contributed by atoms with Crippen molar-refractivity contribution in [3.63, 3.8) is 0 Å². The topological polar surface area (TPSA) is 103 Å². The number of methoxy groups -OCH3 is 2. The van der Waals surface area contributed by atoms with E-state index in [4.69, 9.17) is 14.2 Å². The molecule has 148 valence electrons. The Morgan fingerprint density at radius 1 is 1.21 bits per heavy atom. The molecular formula is C18H19N3O5S2. The first-order valence-electron chi connectivity index (χ1n) is 8.41. The average Bonchev–Trinajstić information content (AvgIpc) is 3.12. The zero-order chi connectivity index (χ0) is 20.1. The van der Waals surface area contributed by atoms with E-state index in [9.17, 15) is 9.59 Å². The Labute approximate surface area is 169 Å². The van der Waals surface area contributed by atoms with Gasteiger partial charge in [0, 0.05) is 11.4 Å². The maximum atomic E-state index is 12.4. The lowest BCUT2D eigenvalue weighted by molar-refractivity contribution is -0.142. The molecule has 1 N–H and O–H groups in total. The number of thioether (sulfide) groups is 1. The molecule has 28 heavy (non-hydrogen) atoms. The molecule has 0 radical (unpaired) electrons. The summed E-state index contributed by atoms with van der Waals surface area (Å²) in [4.78, 5) is 35.6. The number of nitrogens with zero attached hydrogens (tertiary/aromatic N) is 2. The van der Waals surface area contributed by atoms with Gasteiger partial charge in [-0.2, -0.15) is 0 Å². The number of carbonyl (C=O) groups is 1. The molecule has 0 saturated carbocycles. The summed E-state index contributed by atoms with van der Waals surface area (Å²) in [7, 11) is 3.05. The number of rotatable bonds is 8. The summed E-state index contributed by atoms with van der Waals surface area (Å²) in [5.74, 6) is 1.65. The van der Waals surface area contributed by atoms with Gasteiger partial charge in [0.15, 0.2) is 15.8 Å². The number of aromatic nitrogens is 3. The average molecular weight is 422 g/mol. The lowest BCUT2D eigenvalue weighted by Crippen LogP contribution is -2.11. The normalized spacial score (nSPS) is 10.8. The van der Waals surface area contributed by atoms with Crippen molar-refractivity contribution in [2.75, 3.05) is 20.8 Å². The Hall–Kier alpha value is -2.59. The fraction of sp³-hybridized carbons (Fsp3) is 0.333. The van der Waals surface area contributed by atoms with E-state index >= 15 is 0 Å². The Morgan fingerprint density at radius 3 is 2.68 bits per heavy atom. The molecule has 0 aliphatic rings. The van der Waals surface area contributed by atoms with Gasteiger partial charge >= 0.3 is 5.97 Å². The molecule has 0 spiro atoms. The van der Waals surface area contributed by atoms with Crippen LogP contribution in [0.2, 0.25) is 0 Å². The lowest BCUT2D eigenvalue weighted by Gasteiger charge is -2.09. The largest absolute Gasteiger partial charge is 0.493 e. The number of ether oxygens (including phenoxy) is 3. The first-order chi connectivity index (χ1) is 13.5. The molecule has 0 unspecified atom stereocenters. The second kappa shape index (κ2) is 9.07. The zero-order valence-electron chi connectivity index (χ0n) is 15.6. The molecule has 3 aromatic rings. The molecule has 0 bridgehead atoms. The van der Waals surface area contributed by atoms with Crippen molar-refractivity contribution in [3.8, 4) is 11.5 Å². The third-order valence-corrected chi connectivity index (χ3v) is 5.83. The number of esters is 1. The van der Waals surface area contributed by atoms with Gasteiger partial charge in [-0.25, -0.2) is 9.97 Å². The van der Waals surface area contributed by atoms with Crippen LogP contribution in [-0.2, 0) is 21.7 Å². The first kappa shape index (κ1) is 20.2. The van der Waals surface area contributed by atoms with E-state index in [2.05, 4.69) is 15.0 Å². The van der Waals surface area contributed by atoms with Crippen LogP contribution in [0.25, 0.3) is 10.9 Å². The van der Waals surface area contributed by atoms with Crippen LogP contribution in [0, 0.1) is 0 Å². The second-order valence-corrected chi connectivity index (χ2v) is 7.69. The Morgan fingerprint density at radius 2 is 1.96 bits per heavy atom. The highest BCUT2D eigenvalue weighted by Crippen LogP contribution is 2.30. The number of nitrogens with one attached hydrogen (secondary N) is 1. The van der Waals surface area contributed by atoms with Crippen molar-refractivity contribution < 1.29 is 19.0 Å². The summed E-state index contributed by atoms with van der Waals surface area (Å²) in [5.41, 5.74) is 0.950. The van der Waals surface area contributed by atoms with E-state index in [1.807, 2.05) is 5.38 Å². The summed E-state index contributed by atoms with van der Waals surface area (Å²) in [6.07, 6.45) is 0.150. The van der Waals surface area contributed by atoms with Crippen molar-refractivity contribution in [3.05, 3.63) is 39.4 Å². The molecule has 3 rings (SSSR count). The number of carbonyl (C=O) groups excluding carboxylic acids is 1. The van der Waals surface area contributed by atoms with Gasteiger partial charge < -0.3 is 19.2 Å². The third-order valence-electron chi connectivity index (χ3n) is 3.75. The van der Waals surface area contributed by atoms with Crippen LogP contribution >= 0.6 is 23.1 Å². The molecule has 10 heteroatoms. The quantitative estimate of drug-likeness (QED) is 0.437. The van der Waals surface area contributed by atoms with Crippen LogP contribution in [0.1, 0.15) is 18.4 Å². The number of thiazole rings is 1. The van der Waals surface area contributed by atoms with Gasteiger partial charge in [-0.15, -0.1) is 11.3 Å². The smallest absolute Gasteiger partial charge is 0.311 e. The maximum Gasteiger partial charge on any atom is 0.311 e. The summed E-state index contributed by atoms with van der Waals surface area (Å²) in [6.45, 7) is 2.12. The van der Waals surface area contributed by atoms with E-state index in [1.165, 1.54) is 37.3 Å². The first-order valence-corrected chi connectivity index (χ1v) is 10.3. The number of H-pyrrole nitrogens is 1. The SMILES string of the molecule is CCOC(=O)Cc1csc(SCc2nc3cc(OC)c(OC)cc3c(=O)[nH]2)n1. The van der Waals surface area contributed by atoms with Gasteiger partial charge in [-0.05, 0) is 13.0 Å². The van der Waals surface area contributed by atoms with Crippen molar-refractivity contribution in [1.82, 2.24) is 15.0 Å². The lowest BCUT2D eigenvalue weighted by atomic mass is 10.2. The molecule has 0 aliphatic heterocycles. The summed E-state index contributed by atoms with van der Waals surface area (Å²) in [5, 5.41) is 2.25. The number of benzene rings is 1. The molecule has 0 amide bonds. The minimum atomic E-state index is -0.297. The summed E-state index contributed by atoms with van der Waals surface area (Å²) in [6, 6.07) is 3.29. The monoisotopic (exact) mass is 421 g/mol. The fourth-order valence-corrected chi connectivity index (χ4v) is 4.22. The van der Waals surface area contributed by atoms with Crippen molar-refractivity contribution in [2.24, 2.45) is 0 Å². The molecule has 1 aromatic carbocycles. The predicted octanol–water partition coefficient (Wildman–Crippen LogP) is 2.79. The minimum absolute atomic E-state index is 0.150. The van der Waals surface area contributed by atoms with Crippen molar-refractivity contribution in [1.29, 1.82) is 0 Å². The molecule has 8 nitrogen and oxygen atoms in total. The Bertz CT molecular complexity index is 1050. The predicted molar refractivity (Wildman–Crippen MR) is 107 cm³/mol. The molecular weight excluding hydrogens is 402 g/mol. The van der Waals surface area contributed by atoms with Crippen LogP contribution in [0.3, 0.4) is 0 Å². The van der Waals surface area contributed by atoms with E-state index in [0.29, 0.717) is 46.3 Å². The van der Waals surface area contributed by atoms with Gasteiger partial charge in [0.05, 0.1) is 49.6 Å². The van der Waals surface area contributed by atoms with E-state index in [-0.39, 0.29) is 17.9 Å².